The van der Waals surface area contributed by atoms with Gasteiger partial charge in [-0.1, -0.05) is 108 Å². The van der Waals surface area contributed by atoms with Gasteiger partial charge >= 0.3 is 0 Å². The van der Waals surface area contributed by atoms with Crippen LogP contribution in [0.15, 0.2) is 41.1 Å². The smallest absolute Gasteiger partial charge is 0.0906 e. The van der Waals surface area contributed by atoms with Crippen LogP contribution in [-0.2, 0) is 25.7 Å². The zero-order valence-corrected chi connectivity index (χ0v) is 26.0. The molecule has 0 amide bonds. The predicted molar refractivity (Wildman–Crippen MR) is 168 cm³/mol. The summed E-state index contributed by atoms with van der Waals surface area (Å²) in [5.41, 5.74) is 11.1. The van der Waals surface area contributed by atoms with Gasteiger partial charge in [-0.3, -0.25) is 0 Å². The topological polar surface area (TPSA) is 15.4 Å². The number of rotatable bonds is 18. The van der Waals surface area contributed by atoms with Gasteiger partial charge in [-0.05, 0) is 96.9 Å². The maximum absolute atomic E-state index is 5.14. The van der Waals surface area contributed by atoms with E-state index in [1.54, 1.807) is 5.56 Å². The molecule has 2 aromatic rings. The largest absolute Gasteiger partial charge is 0.208 e. The molecule has 0 aliphatic rings. The SMILES string of the molecule is CCCCCCc1cc(C)cc(C=C(CC)[N+](C)=Nc2cc(CC)c(CCCC)c(CCCCCC)c2)c1. The second-order valence-electron chi connectivity index (χ2n) is 11.2. The molecule has 2 heteroatoms. The van der Waals surface area contributed by atoms with Crippen LogP contribution in [0.3, 0.4) is 0 Å². The molecule has 0 saturated carbocycles. The Balaban J connectivity index is 2.35. The lowest BCUT2D eigenvalue weighted by atomic mass is 9.91. The van der Waals surface area contributed by atoms with E-state index in [4.69, 9.17) is 5.11 Å². The van der Waals surface area contributed by atoms with Crippen LogP contribution in [0, 0.1) is 6.92 Å². The van der Waals surface area contributed by atoms with Crippen molar-refractivity contribution in [1.82, 2.24) is 0 Å². The number of hydrogen-bond donors (Lipinski definition) is 0. The fraction of sp³-hybridized carbons (Fsp3) is 0.611. The number of benzene rings is 2. The van der Waals surface area contributed by atoms with E-state index in [0.717, 1.165) is 18.5 Å². The van der Waals surface area contributed by atoms with Gasteiger partial charge in [0, 0.05) is 12.5 Å². The summed E-state index contributed by atoms with van der Waals surface area (Å²) in [6, 6.07) is 11.8. The summed E-state index contributed by atoms with van der Waals surface area (Å²) in [5, 5.41) is 5.14. The second kappa shape index (κ2) is 18.1. The van der Waals surface area contributed by atoms with Crippen molar-refractivity contribution in [2.24, 2.45) is 5.11 Å². The lowest BCUT2D eigenvalue weighted by Gasteiger charge is -2.15. The Hall–Kier alpha value is -2.22. The summed E-state index contributed by atoms with van der Waals surface area (Å²) in [6.07, 6.45) is 20.9. The fourth-order valence-corrected chi connectivity index (χ4v) is 5.52. The lowest BCUT2D eigenvalue weighted by Crippen LogP contribution is -2.04. The molecule has 0 spiro atoms. The van der Waals surface area contributed by atoms with Gasteiger partial charge in [-0.15, -0.1) is 0 Å². The lowest BCUT2D eigenvalue weighted by molar-refractivity contribution is -0.512. The molecular weight excluding hydrogens is 460 g/mol. The fourth-order valence-electron chi connectivity index (χ4n) is 5.52. The number of azo groups is 2. The van der Waals surface area contributed by atoms with Crippen LogP contribution in [0.2, 0.25) is 0 Å². The summed E-state index contributed by atoms with van der Waals surface area (Å²) >= 11 is 0. The summed E-state index contributed by atoms with van der Waals surface area (Å²) in [5.74, 6) is 0. The van der Waals surface area contributed by atoms with Crippen LogP contribution in [0.5, 0.6) is 0 Å². The molecule has 2 rings (SSSR count). The first-order chi connectivity index (χ1) is 18.4. The Labute approximate surface area is 235 Å². The molecule has 0 heterocycles. The Morgan fingerprint density at radius 2 is 1.37 bits per heavy atom. The molecule has 0 radical (unpaired) electrons. The summed E-state index contributed by atoms with van der Waals surface area (Å²) < 4.78 is 2.12. The van der Waals surface area contributed by atoms with Crippen molar-refractivity contribution in [2.45, 2.75) is 138 Å². The van der Waals surface area contributed by atoms with Gasteiger partial charge in [0.15, 0.2) is 7.05 Å². The van der Waals surface area contributed by atoms with Crippen LogP contribution in [0.4, 0.5) is 5.69 Å². The van der Waals surface area contributed by atoms with E-state index in [0.29, 0.717) is 0 Å². The first-order valence-corrected chi connectivity index (χ1v) is 15.9. The van der Waals surface area contributed by atoms with E-state index in [1.807, 2.05) is 0 Å². The van der Waals surface area contributed by atoms with E-state index in [2.05, 4.69) is 89.7 Å². The minimum Gasteiger partial charge on any atom is -0.0906 e. The van der Waals surface area contributed by atoms with Crippen molar-refractivity contribution in [3.8, 4) is 0 Å². The monoisotopic (exact) mass is 517 g/mol. The van der Waals surface area contributed by atoms with E-state index in [9.17, 15) is 0 Å². The Kier molecular flexibility index (Phi) is 15.3. The summed E-state index contributed by atoms with van der Waals surface area (Å²) in [6.45, 7) is 13.6. The highest BCUT2D eigenvalue weighted by molar-refractivity contribution is 5.54. The number of hydrogen-bond acceptors (Lipinski definition) is 1. The molecule has 0 aliphatic carbocycles. The average molecular weight is 518 g/mol. The third-order valence-electron chi connectivity index (χ3n) is 7.74. The van der Waals surface area contributed by atoms with Crippen molar-refractivity contribution in [3.63, 3.8) is 0 Å². The third-order valence-corrected chi connectivity index (χ3v) is 7.74. The summed E-state index contributed by atoms with van der Waals surface area (Å²) in [7, 11) is 2.12. The maximum atomic E-state index is 5.14. The van der Waals surface area contributed by atoms with Gasteiger partial charge in [0.25, 0.3) is 0 Å². The van der Waals surface area contributed by atoms with Crippen LogP contribution in [0.1, 0.15) is 139 Å². The van der Waals surface area contributed by atoms with Crippen LogP contribution in [-0.4, -0.2) is 11.7 Å². The van der Waals surface area contributed by atoms with Crippen molar-refractivity contribution >= 4 is 11.8 Å². The van der Waals surface area contributed by atoms with Gasteiger partial charge in [-0.25, -0.2) is 0 Å². The average Bonchev–Trinajstić information content (AvgIpc) is 2.90. The number of aryl methyl sites for hydroxylation is 4. The summed E-state index contributed by atoms with van der Waals surface area (Å²) in [4.78, 5) is 0. The van der Waals surface area contributed by atoms with Crippen molar-refractivity contribution in [3.05, 3.63) is 69.4 Å². The van der Waals surface area contributed by atoms with Crippen LogP contribution in [0.25, 0.3) is 6.08 Å². The molecule has 0 N–H and O–H groups in total. The van der Waals surface area contributed by atoms with E-state index in [1.165, 1.54) is 117 Å². The van der Waals surface area contributed by atoms with E-state index in [-0.39, 0.29) is 0 Å². The molecule has 0 fully saturated rings. The zero-order valence-electron chi connectivity index (χ0n) is 26.0. The molecule has 2 aromatic carbocycles. The van der Waals surface area contributed by atoms with Gasteiger partial charge in [0.1, 0.15) is 5.69 Å². The van der Waals surface area contributed by atoms with Crippen molar-refractivity contribution in [2.75, 3.05) is 7.05 Å². The van der Waals surface area contributed by atoms with Crippen molar-refractivity contribution < 1.29 is 4.70 Å². The molecule has 0 saturated heterocycles. The number of nitrogens with zero attached hydrogens (tertiary/aromatic N) is 2. The number of allylic oxidation sites excluding steroid dienone is 1. The second-order valence-corrected chi connectivity index (χ2v) is 11.2. The third kappa shape index (κ3) is 10.9. The van der Waals surface area contributed by atoms with Gasteiger partial charge < -0.3 is 0 Å². The molecule has 2 nitrogen and oxygen atoms in total. The van der Waals surface area contributed by atoms with Crippen LogP contribution >= 0.6 is 0 Å². The Bertz CT molecular complexity index is 1030. The minimum absolute atomic E-state index is 0.957. The highest BCUT2D eigenvalue weighted by Crippen LogP contribution is 2.28. The van der Waals surface area contributed by atoms with E-state index >= 15 is 0 Å². The predicted octanol–water partition coefficient (Wildman–Crippen LogP) is 11.3. The Morgan fingerprint density at radius 3 is 2.00 bits per heavy atom. The van der Waals surface area contributed by atoms with Gasteiger partial charge in [0.2, 0.25) is 5.70 Å². The first kappa shape index (κ1) is 32.0. The molecule has 0 bridgehead atoms. The zero-order chi connectivity index (χ0) is 27.8. The Morgan fingerprint density at radius 1 is 0.711 bits per heavy atom. The molecule has 38 heavy (non-hydrogen) atoms. The van der Waals surface area contributed by atoms with Gasteiger partial charge in [0.05, 0.1) is 0 Å². The van der Waals surface area contributed by atoms with Crippen LogP contribution < -0.4 is 0 Å². The molecule has 0 aliphatic heterocycles. The first-order valence-electron chi connectivity index (χ1n) is 15.9. The van der Waals surface area contributed by atoms with E-state index < -0.39 is 0 Å². The molecule has 210 valence electrons. The maximum Gasteiger partial charge on any atom is 0.208 e. The minimum atomic E-state index is 0.957. The number of unbranched alkanes of at least 4 members (excludes halogenated alkanes) is 7. The normalized spacial score (nSPS) is 12.4. The molecule has 0 aromatic heterocycles. The standard InChI is InChI=1S/C36H57N2/c1-8-13-16-18-20-30-23-29(6)24-31(25-30)26-35(12-5)38(7)37-34-27-32(11-4)36(22-15-10-3)33(28-34)21-19-17-14-9-2/h23-28H,8-22H2,1-7H3/q+1. The molecular formula is C36H57N2+. The molecule has 0 unspecified atom stereocenters. The highest BCUT2D eigenvalue weighted by atomic mass is 15.3. The van der Waals surface area contributed by atoms with Crippen molar-refractivity contribution in [1.29, 1.82) is 0 Å². The molecule has 0 atom stereocenters. The van der Waals surface area contributed by atoms with Gasteiger partial charge in [-0.2, -0.15) is 0 Å². The quantitative estimate of drug-likeness (QED) is 0.106. The highest BCUT2D eigenvalue weighted by Gasteiger charge is 2.14.